The van der Waals surface area contributed by atoms with Gasteiger partial charge in [-0.25, -0.2) is 4.79 Å². The van der Waals surface area contributed by atoms with Crippen LogP contribution in [0.5, 0.6) is 0 Å². The lowest BCUT2D eigenvalue weighted by Crippen LogP contribution is -2.40. The number of halogens is 2. The first-order chi connectivity index (χ1) is 9.58. The molecule has 0 aliphatic heterocycles. The molecular formula is C14H18Cl2N2O3. The van der Waals surface area contributed by atoms with E-state index in [2.05, 4.69) is 5.32 Å². The Bertz CT molecular complexity index is 521. The van der Waals surface area contributed by atoms with Gasteiger partial charge in [0, 0.05) is 22.8 Å². The number of likely N-dealkylation sites (N-methyl/N-ethyl adjacent to an activating group) is 1. The summed E-state index contributed by atoms with van der Waals surface area (Å²) in [6.07, 6.45) is -0.645. The van der Waals surface area contributed by atoms with Gasteiger partial charge in [0.15, 0.2) is 0 Å². The minimum absolute atomic E-state index is 0.185. The second kappa shape index (κ2) is 7.00. The summed E-state index contributed by atoms with van der Waals surface area (Å²) < 4.78 is 5.05. The van der Waals surface area contributed by atoms with Crippen LogP contribution in [0.15, 0.2) is 18.2 Å². The standard InChI is InChI=1S/C14H18Cl2N2O3/c1-14(2,3)21-13(20)17-8-12(19)18(4)11-6-9(15)5-10(16)7-11/h5-7H,8H2,1-4H3,(H,17,20). The summed E-state index contributed by atoms with van der Waals surface area (Å²) in [5, 5.41) is 3.26. The number of ether oxygens (including phenoxy) is 1. The first kappa shape index (κ1) is 17.6. The molecule has 0 radical (unpaired) electrons. The van der Waals surface area contributed by atoms with Gasteiger partial charge in [0.25, 0.3) is 0 Å². The van der Waals surface area contributed by atoms with Gasteiger partial charge >= 0.3 is 6.09 Å². The average molecular weight is 333 g/mol. The smallest absolute Gasteiger partial charge is 0.408 e. The van der Waals surface area contributed by atoms with Crippen LogP contribution >= 0.6 is 23.2 Å². The predicted molar refractivity (Wildman–Crippen MR) is 84.1 cm³/mol. The minimum Gasteiger partial charge on any atom is -0.444 e. The zero-order chi connectivity index (χ0) is 16.2. The summed E-state index contributed by atoms with van der Waals surface area (Å²) in [6.45, 7) is 5.05. The van der Waals surface area contributed by atoms with Gasteiger partial charge in [-0.3, -0.25) is 4.79 Å². The number of amides is 2. The highest BCUT2D eigenvalue weighted by Crippen LogP contribution is 2.24. The maximum absolute atomic E-state index is 12.0. The predicted octanol–water partition coefficient (Wildman–Crippen LogP) is 3.48. The minimum atomic E-state index is -0.645. The molecule has 0 heterocycles. The Hall–Kier alpha value is -1.46. The van der Waals surface area contributed by atoms with Crippen LogP contribution in [0, 0.1) is 0 Å². The second-order valence-corrected chi connectivity index (χ2v) is 6.31. The topological polar surface area (TPSA) is 58.6 Å². The van der Waals surface area contributed by atoms with Gasteiger partial charge < -0.3 is 15.0 Å². The van der Waals surface area contributed by atoms with Gasteiger partial charge in [-0.15, -0.1) is 0 Å². The van der Waals surface area contributed by atoms with Crippen LogP contribution in [0.1, 0.15) is 20.8 Å². The van der Waals surface area contributed by atoms with E-state index in [-0.39, 0.29) is 12.5 Å². The third-order valence-corrected chi connectivity index (χ3v) is 2.83. The summed E-state index contributed by atoms with van der Waals surface area (Å²) in [7, 11) is 1.57. The Morgan fingerprint density at radius 1 is 1.19 bits per heavy atom. The molecule has 0 atom stereocenters. The Balaban J connectivity index is 2.61. The fourth-order valence-electron chi connectivity index (χ4n) is 1.46. The highest BCUT2D eigenvalue weighted by atomic mass is 35.5. The van der Waals surface area contributed by atoms with Crippen molar-refractivity contribution >= 4 is 40.9 Å². The van der Waals surface area contributed by atoms with Gasteiger partial charge in [0.2, 0.25) is 5.91 Å². The van der Waals surface area contributed by atoms with Gasteiger partial charge in [0.05, 0.1) is 0 Å². The molecule has 0 unspecified atom stereocenters. The number of hydrogen-bond donors (Lipinski definition) is 1. The lowest BCUT2D eigenvalue weighted by atomic mass is 10.2. The summed E-state index contributed by atoms with van der Waals surface area (Å²) >= 11 is 11.8. The molecule has 0 saturated carbocycles. The van der Waals surface area contributed by atoms with Crippen molar-refractivity contribution in [1.29, 1.82) is 0 Å². The van der Waals surface area contributed by atoms with Crippen LogP contribution in [0.4, 0.5) is 10.5 Å². The Kier molecular flexibility index (Phi) is 5.87. The van der Waals surface area contributed by atoms with Crippen LogP contribution in [-0.2, 0) is 9.53 Å². The number of nitrogens with zero attached hydrogens (tertiary/aromatic N) is 1. The number of carbonyl (C=O) groups is 2. The Morgan fingerprint density at radius 3 is 2.19 bits per heavy atom. The van der Waals surface area contributed by atoms with Crippen LogP contribution in [-0.4, -0.2) is 31.2 Å². The molecule has 0 spiro atoms. The van der Waals surface area contributed by atoms with E-state index in [0.717, 1.165) is 0 Å². The maximum Gasteiger partial charge on any atom is 0.408 e. The van der Waals surface area contributed by atoms with E-state index in [4.69, 9.17) is 27.9 Å². The number of carbonyl (C=O) groups excluding carboxylic acids is 2. The van der Waals surface area contributed by atoms with Crippen molar-refractivity contribution < 1.29 is 14.3 Å². The zero-order valence-electron chi connectivity index (χ0n) is 12.4. The van der Waals surface area contributed by atoms with Crippen molar-refractivity contribution in [3.05, 3.63) is 28.2 Å². The SMILES string of the molecule is CN(C(=O)CNC(=O)OC(C)(C)C)c1cc(Cl)cc(Cl)c1. The summed E-state index contributed by atoms with van der Waals surface area (Å²) in [6, 6.07) is 4.79. The molecule has 5 nitrogen and oxygen atoms in total. The van der Waals surface area contributed by atoms with E-state index in [1.165, 1.54) is 4.90 Å². The van der Waals surface area contributed by atoms with Crippen LogP contribution in [0.25, 0.3) is 0 Å². The van der Waals surface area contributed by atoms with E-state index in [1.807, 2.05) is 0 Å². The molecule has 0 aliphatic carbocycles. The van der Waals surface area contributed by atoms with E-state index in [0.29, 0.717) is 15.7 Å². The highest BCUT2D eigenvalue weighted by Gasteiger charge is 2.18. The van der Waals surface area contributed by atoms with E-state index in [9.17, 15) is 9.59 Å². The largest absolute Gasteiger partial charge is 0.444 e. The third kappa shape index (κ3) is 6.23. The normalized spacial score (nSPS) is 11.0. The van der Waals surface area contributed by atoms with Crippen molar-refractivity contribution in [2.75, 3.05) is 18.5 Å². The number of rotatable bonds is 3. The van der Waals surface area contributed by atoms with Crippen molar-refractivity contribution in [2.24, 2.45) is 0 Å². The molecule has 116 valence electrons. The average Bonchev–Trinajstić information content (AvgIpc) is 2.31. The fourth-order valence-corrected chi connectivity index (χ4v) is 1.97. The number of nitrogens with one attached hydrogen (secondary N) is 1. The van der Waals surface area contributed by atoms with Gasteiger partial charge in [-0.1, -0.05) is 23.2 Å². The number of alkyl carbamates (subject to hydrolysis) is 1. The monoisotopic (exact) mass is 332 g/mol. The van der Waals surface area contributed by atoms with Gasteiger partial charge in [-0.2, -0.15) is 0 Å². The van der Waals surface area contributed by atoms with Crippen LogP contribution in [0.2, 0.25) is 10.0 Å². The van der Waals surface area contributed by atoms with Crippen molar-refractivity contribution in [1.82, 2.24) is 5.32 Å². The molecule has 0 bridgehead atoms. The van der Waals surface area contributed by atoms with Crippen LogP contribution < -0.4 is 10.2 Å². The summed E-state index contributed by atoms with van der Waals surface area (Å²) in [5.74, 6) is -0.320. The molecule has 0 aliphatic rings. The first-order valence-corrected chi connectivity index (χ1v) is 7.03. The van der Waals surface area contributed by atoms with E-state index < -0.39 is 11.7 Å². The van der Waals surface area contributed by atoms with Crippen molar-refractivity contribution in [2.45, 2.75) is 26.4 Å². The lowest BCUT2D eigenvalue weighted by molar-refractivity contribution is -0.117. The molecule has 1 N–H and O–H groups in total. The molecule has 0 fully saturated rings. The van der Waals surface area contributed by atoms with Crippen molar-refractivity contribution in [3.8, 4) is 0 Å². The number of benzene rings is 1. The number of hydrogen-bond acceptors (Lipinski definition) is 3. The van der Waals surface area contributed by atoms with Crippen LogP contribution in [0.3, 0.4) is 0 Å². The molecule has 0 aromatic heterocycles. The molecule has 21 heavy (non-hydrogen) atoms. The molecule has 1 rings (SSSR count). The second-order valence-electron chi connectivity index (χ2n) is 5.44. The first-order valence-electron chi connectivity index (χ1n) is 6.28. The van der Waals surface area contributed by atoms with Gasteiger partial charge in [-0.05, 0) is 39.0 Å². The Labute approximate surface area is 134 Å². The van der Waals surface area contributed by atoms with Gasteiger partial charge in [0.1, 0.15) is 12.1 Å². The summed E-state index contributed by atoms with van der Waals surface area (Å²) in [5.41, 5.74) is -0.0667. The zero-order valence-corrected chi connectivity index (χ0v) is 13.9. The molecule has 7 heteroatoms. The van der Waals surface area contributed by atoms with Crippen molar-refractivity contribution in [3.63, 3.8) is 0 Å². The quantitative estimate of drug-likeness (QED) is 0.921. The lowest BCUT2D eigenvalue weighted by Gasteiger charge is -2.21. The molecule has 0 saturated heterocycles. The highest BCUT2D eigenvalue weighted by molar-refractivity contribution is 6.35. The third-order valence-electron chi connectivity index (χ3n) is 2.39. The van der Waals surface area contributed by atoms with E-state index >= 15 is 0 Å². The van der Waals surface area contributed by atoms with E-state index in [1.54, 1.807) is 46.0 Å². The molecule has 1 aromatic rings. The summed E-state index contributed by atoms with van der Waals surface area (Å²) in [4.78, 5) is 24.8. The fraction of sp³-hybridized carbons (Fsp3) is 0.429. The number of anilines is 1. The Morgan fingerprint density at radius 2 is 1.71 bits per heavy atom. The molecule has 1 aromatic carbocycles. The molecular weight excluding hydrogens is 315 g/mol. The molecule has 2 amide bonds. The maximum atomic E-state index is 12.0.